The first-order valence-corrected chi connectivity index (χ1v) is 4.39. The van der Waals surface area contributed by atoms with E-state index < -0.39 is 0 Å². The summed E-state index contributed by atoms with van der Waals surface area (Å²) in [4.78, 5) is 0. The molecule has 2 radical (unpaired) electrons. The van der Waals surface area contributed by atoms with Crippen molar-refractivity contribution < 1.29 is 0 Å². The second-order valence-corrected chi connectivity index (χ2v) is 3.36. The Morgan fingerprint density at radius 3 is 2.44 bits per heavy atom. The minimum atomic E-state index is 1.16. The van der Waals surface area contributed by atoms with Crippen molar-refractivity contribution in [1.29, 1.82) is 0 Å². The first-order chi connectivity index (χ1) is 4.34. The van der Waals surface area contributed by atoms with Crippen molar-refractivity contribution in [2.24, 2.45) is 0 Å². The Hall–Kier alpha value is 0.0382. The molecule has 9 heavy (non-hydrogen) atoms. The fourth-order valence-electron chi connectivity index (χ4n) is 0.810. The number of aryl methyl sites for hydroxylation is 1. The van der Waals surface area contributed by atoms with Crippen LogP contribution < -0.4 is 3.51 Å². The molecule has 0 heterocycles. The Morgan fingerprint density at radius 1 is 1.33 bits per heavy atom. The third kappa shape index (κ3) is 1.72. The summed E-state index contributed by atoms with van der Waals surface area (Å²) < 4.78 is 1.45. The van der Waals surface area contributed by atoms with Gasteiger partial charge in [-0.15, -0.1) is 0 Å². The first kappa shape index (κ1) is 7.15. The second-order valence-electron chi connectivity index (χ2n) is 1.98. The van der Waals surface area contributed by atoms with E-state index in [1.807, 2.05) is 0 Å². The molecule has 0 saturated carbocycles. The first-order valence-electron chi connectivity index (χ1n) is 3.11. The van der Waals surface area contributed by atoms with Crippen LogP contribution in [0, 0.1) is 0 Å². The fraction of sp³-hybridized carbons (Fsp3) is 0.250. The third-order valence-electron chi connectivity index (χ3n) is 1.37. The van der Waals surface area contributed by atoms with Gasteiger partial charge in [0.2, 0.25) is 0 Å². The summed E-state index contributed by atoms with van der Waals surface area (Å²) in [5.74, 6) is 0. The van der Waals surface area contributed by atoms with Crippen molar-refractivity contribution in [3.8, 4) is 0 Å². The zero-order chi connectivity index (χ0) is 6.69. The van der Waals surface area contributed by atoms with Gasteiger partial charge in [-0.25, -0.2) is 0 Å². The molecule has 1 rings (SSSR count). The number of hydrogen-bond donors (Lipinski definition) is 0. The fourth-order valence-corrected chi connectivity index (χ4v) is 1.72. The van der Waals surface area contributed by atoms with Crippen LogP contribution in [0.25, 0.3) is 0 Å². The zero-order valence-corrected chi connectivity index (χ0v) is 8.02. The molecule has 1 aromatic rings. The van der Waals surface area contributed by atoms with Crippen molar-refractivity contribution in [3.63, 3.8) is 0 Å². The summed E-state index contributed by atoms with van der Waals surface area (Å²) in [6.45, 7) is 2.19. The Kier molecular flexibility index (Phi) is 2.60. The third-order valence-corrected chi connectivity index (χ3v) is 2.62. The van der Waals surface area contributed by atoms with E-state index in [0.717, 1.165) is 6.42 Å². The predicted octanol–water partition coefficient (Wildman–Crippen LogP) is 1.04. The zero-order valence-electron chi connectivity index (χ0n) is 5.46. The Balaban J connectivity index is 3.01. The quantitative estimate of drug-likeness (QED) is 0.629. The molecule has 46 valence electrons. The number of hydrogen-bond acceptors (Lipinski definition) is 0. The molecule has 0 atom stereocenters. The van der Waals surface area contributed by atoms with Crippen LogP contribution in [0.4, 0.5) is 0 Å². The van der Waals surface area contributed by atoms with Crippen molar-refractivity contribution >= 4 is 26.5 Å². The Labute approximate surface area is 69.8 Å². The molecule has 0 fully saturated rings. The van der Waals surface area contributed by atoms with Crippen molar-refractivity contribution in [3.05, 3.63) is 29.8 Å². The Bertz CT molecular complexity index is 194. The van der Waals surface area contributed by atoms with E-state index in [2.05, 4.69) is 31.2 Å². The van der Waals surface area contributed by atoms with Gasteiger partial charge in [0.1, 0.15) is 0 Å². The van der Waals surface area contributed by atoms with Gasteiger partial charge in [0, 0.05) is 0 Å². The molecule has 0 aromatic heterocycles. The van der Waals surface area contributed by atoms with Crippen LogP contribution in [0.3, 0.4) is 0 Å². The van der Waals surface area contributed by atoms with Crippen LogP contribution in [0.15, 0.2) is 24.3 Å². The molecule has 0 bridgehead atoms. The van der Waals surface area contributed by atoms with Gasteiger partial charge < -0.3 is 0 Å². The summed E-state index contributed by atoms with van der Waals surface area (Å²) in [5, 5.41) is 0. The summed E-state index contributed by atoms with van der Waals surface area (Å²) in [6, 6.07) is 8.55. The molecular weight excluding hydrogens is 218 g/mol. The molecule has 0 spiro atoms. The van der Waals surface area contributed by atoms with Gasteiger partial charge in [-0.3, -0.25) is 0 Å². The Morgan fingerprint density at radius 2 is 2.00 bits per heavy atom. The second kappa shape index (κ2) is 3.27. The molecule has 0 amide bonds. The SMILES string of the molecule is CCc1cccc[c]1[Sb]. The number of rotatable bonds is 1. The van der Waals surface area contributed by atoms with Crippen LogP contribution in [-0.2, 0) is 6.42 Å². The standard InChI is InChI=1S/C8H9.Sb/c1-2-8-6-4-3-5-7-8;/h3-6H,2H2,1H3;. The van der Waals surface area contributed by atoms with E-state index in [1.165, 1.54) is 9.07 Å². The van der Waals surface area contributed by atoms with Crippen molar-refractivity contribution in [2.75, 3.05) is 0 Å². The average molecular weight is 227 g/mol. The van der Waals surface area contributed by atoms with Gasteiger partial charge in [0.15, 0.2) is 0 Å². The van der Waals surface area contributed by atoms with E-state index >= 15 is 0 Å². The molecule has 0 unspecified atom stereocenters. The normalized spacial score (nSPS) is 9.56. The molecule has 1 aromatic carbocycles. The van der Waals surface area contributed by atoms with Gasteiger partial charge in [-0.1, -0.05) is 0 Å². The molecule has 0 saturated heterocycles. The molecule has 1 heteroatoms. The van der Waals surface area contributed by atoms with Crippen LogP contribution in [0.2, 0.25) is 0 Å². The predicted molar refractivity (Wildman–Crippen MR) is 41.2 cm³/mol. The van der Waals surface area contributed by atoms with Crippen LogP contribution in [0.5, 0.6) is 0 Å². The van der Waals surface area contributed by atoms with Gasteiger partial charge in [-0.05, 0) is 0 Å². The minimum absolute atomic E-state index is 1.16. The van der Waals surface area contributed by atoms with Crippen molar-refractivity contribution in [2.45, 2.75) is 13.3 Å². The van der Waals surface area contributed by atoms with Gasteiger partial charge >= 0.3 is 69.7 Å². The molecule has 0 aliphatic rings. The molecule has 0 aliphatic heterocycles. The summed E-state index contributed by atoms with van der Waals surface area (Å²) in [5.41, 5.74) is 1.48. The monoisotopic (exact) mass is 226 g/mol. The topological polar surface area (TPSA) is 0 Å². The summed E-state index contributed by atoms with van der Waals surface area (Å²) in [6.07, 6.45) is 1.16. The van der Waals surface area contributed by atoms with E-state index in [9.17, 15) is 0 Å². The molecular formula is C8H9Sb. The van der Waals surface area contributed by atoms with Gasteiger partial charge in [-0.2, -0.15) is 0 Å². The average Bonchev–Trinajstić information content (AvgIpc) is 1.89. The van der Waals surface area contributed by atoms with Crippen LogP contribution in [-0.4, -0.2) is 23.0 Å². The van der Waals surface area contributed by atoms with Crippen LogP contribution in [0.1, 0.15) is 12.5 Å². The van der Waals surface area contributed by atoms with E-state index in [0.29, 0.717) is 0 Å². The summed E-state index contributed by atoms with van der Waals surface area (Å²) in [7, 11) is 0. The van der Waals surface area contributed by atoms with E-state index in [4.69, 9.17) is 0 Å². The molecule has 0 N–H and O–H groups in total. The maximum absolute atomic E-state index is 2.19. The van der Waals surface area contributed by atoms with Crippen LogP contribution >= 0.6 is 0 Å². The summed E-state index contributed by atoms with van der Waals surface area (Å²) >= 11 is 1.80. The van der Waals surface area contributed by atoms with Gasteiger partial charge in [0.05, 0.1) is 0 Å². The molecule has 0 nitrogen and oxygen atoms in total. The van der Waals surface area contributed by atoms with Gasteiger partial charge in [0.25, 0.3) is 0 Å². The molecule has 0 aliphatic carbocycles. The van der Waals surface area contributed by atoms with Crippen molar-refractivity contribution in [1.82, 2.24) is 0 Å². The maximum atomic E-state index is 2.19. The van der Waals surface area contributed by atoms with E-state index in [-0.39, 0.29) is 0 Å². The number of benzene rings is 1. The van der Waals surface area contributed by atoms with E-state index in [1.54, 1.807) is 23.0 Å².